The van der Waals surface area contributed by atoms with Gasteiger partial charge in [-0.15, -0.1) is 0 Å². The Hall–Kier alpha value is -2.51. The quantitative estimate of drug-likeness (QED) is 0.782. The third-order valence-corrected chi connectivity index (χ3v) is 4.31. The summed E-state index contributed by atoms with van der Waals surface area (Å²) in [5.41, 5.74) is 2.08. The van der Waals surface area contributed by atoms with E-state index in [-0.39, 0.29) is 6.04 Å². The Morgan fingerprint density at radius 1 is 1.29 bits per heavy atom. The van der Waals surface area contributed by atoms with E-state index in [2.05, 4.69) is 32.5 Å². The molecule has 0 bridgehead atoms. The fourth-order valence-electron chi connectivity index (χ4n) is 2.92. The summed E-state index contributed by atoms with van der Waals surface area (Å²) in [7, 11) is 2.09. The van der Waals surface area contributed by atoms with E-state index in [1.54, 1.807) is 0 Å². The van der Waals surface area contributed by atoms with Gasteiger partial charge in [0.05, 0.1) is 24.3 Å². The molecule has 1 aliphatic heterocycles. The molecule has 0 aliphatic carbocycles. The molecule has 1 N–H and O–H groups in total. The molecule has 3 aromatic rings. The van der Waals surface area contributed by atoms with Crippen molar-refractivity contribution in [2.24, 2.45) is 0 Å². The van der Waals surface area contributed by atoms with Crippen LogP contribution in [0.5, 0.6) is 0 Å². The van der Waals surface area contributed by atoms with Crippen LogP contribution >= 0.6 is 0 Å². The van der Waals surface area contributed by atoms with E-state index < -0.39 is 0 Å². The zero-order chi connectivity index (χ0) is 16.4. The standard InChI is InChI=1S/C17H20N6O/c1-22-8-7-18-11-15(22)17-20-16(24-21-17)9-13-10-19-23(12-13)14-5-3-2-4-6-14/h2-6,10,12,15,18H,7-9,11H2,1H3. The lowest BCUT2D eigenvalue weighted by atomic mass is 10.2. The van der Waals surface area contributed by atoms with Gasteiger partial charge in [-0.3, -0.25) is 4.90 Å². The highest BCUT2D eigenvalue weighted by molar-refractivity contribution is 5.31. The molecule has 124 valence electrons. The molecule has 4 rings (SSSR count). The summed E-state index contributed by atoms with van der Waals surface area (Å²) < 4.78 is 7.29. The summed E-state index contributed by atoms with van der Waals surface area (Å²) in [6, 6.07) is 10.2. The van der Waals surface area contributed by atoms with Crippen LogP contribution in [0.1, 0.15) is 23.3 Å². The Balaban J connectivity index is 1.47. The van der Waals surface area contributed by atoms with Crippen LogP contribution in [0.2, 0.25) is 0 Å². The number of para-hydroxylation sites is 1. The van der Waals surface area contributed by atoms with Gasteiger partial charge in [-0.1, -0.05) is 23.4 Å². The minimum atomic E-state index is 0.170. The van der Waals surface area contributed by atoms with Crippen LogP contribution in [0.3, 0.4) is 0 Å². The number of hydrogen-bond acceptors (Lipinski definition) is 6. The number of rotatable bonds is 4. The SMILES string of the molecule is CN1CCNCC1c1noc(Cc2cnn(-c3ccccc3)c2)n1. The third kappa shape index (κ3) is 3.08. The first-order valence-corrected chi connectivity index (χ1v) is 8.12. The van der Waals surface area contributed by atoms with E-state index in [4.69, 9.17) is 4.52 Å². The first-order chi connectivity index (χ1) is 11.8. The Labute approximate surface area is 140 Å². The Morgan fingerprint density at radius 2 is 2.17 bits per heavy atom. The van der Waals surface area contributed by atoms with Gasteiger partial charge in [-0.25, -0.2) is 4.68 Å². The van der Waals surface area contributed by atoms with Gasteiger partial charge in [0, 0.05) is 25.8 Å². The largest absolute Gasteiger partial charge is 0.339 e. The number of benzene rings is 1. The van der Waals surface area contributed by atoms with E-state index in [1.807, 2.05) is 47.4 Å². The van der Waals surface area contributed by atoms with E-state index in [9.17, 15) is 0 Å². The lowest BCUT2D eigenvalue weighted by molar-refractivity contribution is 0.190. The van der Waals surface area contributed by atoms with Crippen LogP contribution in [0.15, 0.2) is 47.2 Å². The first-order valence-electron chi connectivity index (χ1n) is 8.12. The van der Waals surface area contributed by atoms with Crippen molar-refractivity contribution < 1.29 is 4.52 Å². The van der Waals surface area contributed by atoms with Crippen LogP contribution in [0.25, 0.3) is 5.69 Å². The fourth-order valence-corrected chi connectivity index (χ4v) is 2.92. The van der Waals surface area contributed by atoms with Gasteiger partial charge in [0.15, 0.2) is 5.82 Å². The highest BCUT2D eigenvalue weighted by atomic mass is 16.5. The van der Waals surface area contributed by atoms with E-state index >= 15 is 0 Å². The van der Waals surface area contributed by atoms with Crippen LogP contribution in [-0.2, 0) is 6.42 Å². The van der Waals surface area contributed by atoms with Crippen LogP contribution in [0, 0.1) is 0 Å². The summed E-state index contributed by atoms with van der Waals surface area (Å²) in [5, 5.41) is 11.9. The second kappa shape index (κ2) is 6.54. The Bertz CT molecular complexity index is 796. The average Bonchev–Trinajstić information content (AvgIpc) is 3.26. The monoisotopic (exact) mass is 324 g/mol. The molecule has 24 heavy (non-hydrogen) atoms. The predicted molar refractivity (Wildman–Crippen MR) is 88.9 cm³/mol. The van der Waals surface area contributed by atoms with E-state index in [1.165, 1.54) is 0 Å². The van der Waals surface area contributed by atoms with Crippen molar-refractivity contribution in [3.63, 3.8) is 0 Å². The van der Waals surface area contributed by atoms with Crippen LogP contribution < -0.4 is 5.32 Å². The van der Waals surface area contributed by atoms with Crippen molar-refractivity contribution in [1.29, 1.82) is 0 Å². The van der Waals surface area contributed by atoms with Gasteiger partial charge in [0.25, 0.3) is 0 Å². The molecule has 7 heteroatoms. The zero-order valence-corrected chi connectivity index (χ0v) is 13.6. The molecule has 1 aromatic carbocycles. The van der Waals surface area contributed by atoms with Gasteiger partial charge in [0.2, 0.25) is 5.89 Å². The molecule has 1 atom stereocenters. The summed E-state index contributed by atoms with van der Waals surface area (Å²) in [4.78, 5) is 6.81. The molecule has 0 saturated carbocycles. The zero-order valence-electron chi connectivity index (χ0n) is 13.6. The number of likely N-dealkylation sites (N-methyl/N-ethyl adjacent to an activating group) is 1. The minimum absolute atomic E-state index is 0.170. The van der Waals surface area contributed by atoms with E-state index in [0.717, 1.165) is 36.7 Å². The van der Waals surface area contributed by atoms with Crippen molar-refractivity contribution in [1.82, 2.24) is 30.1 Å². The maximum atomic E-state index is 5.43. The van der Waals surface area contributed by atoms with Crippen molar-refractivity contribution >= 4 is 0 Å². The molecule has 0 radical (unpaired) electrons. The molecule has 3 heterocycles. The maximum absolute atomic E-state index is 5.43. The Morgan fingerprint density at radius 3 is 3.00 bits per heavy atom. The average molecular weight is 324 g/mol. The highest BCUT2D eigenvalue weighted by Crippen LogP contribution is 2.18. The molecular weight excluding hydrogens is 304 g/mol. The van der Waals surface area contributed by atoms with E-state index in [0.29, 0.717) is 12.3 Å². The fraction of sp³-hybridized carbons (Fsp3) is 0.353. The minimum Gasteiger partial charge on any atom is -0.339 e. The van der Waals surface area contributed by atoms with Gasteiger partial charge in [-0.2, -0.15) is 10.1 Å². The number of nitrogens with one attached hydrogen (secondary N) is 1. The third-order valence-electron chi connectivity index (χ3n) is 4.31. The summed E-state index contributed by atoms with van der Waals surface area (Å²) in [5.74, 6) is 1.37. The first kappa shape index (κ1) is 15.0. The Kier molecular flexibility index (Phi) is 4.10. The molecule has 1 saturated heterocycles. The van der Waals surface area contributed by atoms with Crippen LogP contribution in [-0.4, -0.2) is 51.5 Å². The highest BCUT2D eigenvalue weighted by Gasteiger charge is 2.25. The molecule has 0 spiro atoms. The number of aromatic nitrogens is 4. The van der Waals surface area contributed by atoms with Gasteiger partial charge >= 0.3 is 0 Å². The van der Waals surface area contributed by atoms with Gasteiger partial charge in [-0.05, 0) is 24.7 Å². The molecule has 1 aliphatic rings. The molecular formula is C17H20N6O. The second-order valence-corrected chi connectivity index (χ2v) is 6.05. The molecule has 2 aromatic heterocycles. The number of nitrogens with zero attached hydrogens (tertiary/aromatic N) is 5. The molecule has 1 unspecified atom stereocenters. The lowest BCUT2D eigenvalue weighted by Crippen LogP contribution is -2.44. The summed E-state index contributed by atoms with van der Waals surface area (Å²) in [6.45, 7) is 2.83. The topological polar surface area (TPSA) is 72.0 Å². The molecule has 0 amide bonds. The number of hydrogen-bond donors (Lipinski definition) is 1. The van der Waals surface area contributed by atoms with Crippen molar-refractivity contribution in [3.8, 4) is 5.69 Å². The smallest absolute Gasteiger partial charge is 0.231 e. The van der Waals surface area contributed by atoms with Crippen molar-refractivity contribution in [2.45, 2.75) is 12.5 Å². The maximum Gasteiger partial charge on any atom is 0.231 e. The molecule has 7 nitrogen and oxygen atoms in total. The van der Waals surface area contributed by atoms with Gasteiger partial charge < -0.3 is 9.84 Å². The second-order valence-electron chi connectivity index (χ2n) is 6.05. The lowest BCUT2D eigenvalue weighted by Gasteiger charge is -2.30. The van der Waals surface area contributed by atoms with Gasteiger partial charge in [0.1, 0.15) is 0 Å². The van der Waals surface area contributed by atoms with Crippen molar-refractivity contribution in [3.05, 3.63) is 60.0 Å². The normalized spacial score (nSPS) is 18.8. The molecule has 1 fully saturated rings. The summed E-state index contributed by atoms with van der Waals surface area (Å²) >= 11 is 0. The predicted octanol–water partition coefficient (Wildman–Crippen LogP) is 1.42. The van der Waals surface area contributed by atoms with Crippen LogP contribution in [0.4, 0.5) is 0 Å². The summed E-state index contributed by atoms with van der Waals surface area (Å²) in [6.07, 6.45) is 4.42. The number of piperazine rings is 1. The van der Waals surface area contributed by atoms with Crippen molar-refractivity contribution in [2.75, 3.05) is 26.7 Å².